The second-order valence-corrected chi connectivity index (χ2v) is 5.64. The molecule has 0 aliphatic heterocycles. The van der Waals surface area contributed by atoms with Gasteiger partial charge in [0, 0.05) is 16.7 Å². The van der Waals surface area contributed by atoms with Gasteiger partial charge in [-0.3, -0.25) is 4.79 Å². The Morgan fingerprint density at radius 3 is 2.54 bits per heavy atom. The Kier molecular flexibility index (Phi) is 6.63. The number of methoxy groups -OCH3 is 1. The lowest BCUT2D eigenvalue weighted by atomic mass is 10.1. The number of anilines is 1. The van der Waals surface area contributed by atoms with Crippen molar-refractivity contribution in [1.29, 1.82) is 0 Å². The number of aryl methyl sites for hydroxylation is 1. The Balaban J connectivity index is 2.30. The van der Waals surface area contributed by atoms with Crippen LogP contribution < -0.4 is 19.5 Å². The molecule has 0 unspecified atom stereocenters. The lowest BCUT2D eigenvalue weighted by Gasteiger charge is -2.14. The summed E-state index contributed by atoms with van der Waals surface area (Å²) in [6.45, 7) is 0.728. The van der Waals surface area contributed by atoms with Gasteiger partial charge in [-0.2, -0.15) is 8.78 Å². The molecule has 0 spiro atoms. The minimum atomic E-state index is -2.99. The molecule has 0 aliphatic rings. The normalized spacial score (nSPS) is 10.6. The molecule has 0 saturated heterocycles. The second-order valence-electron chi connectivity index (χ2n) is 5.23. The van der Waals surface area contributed by atoms with Crippen molar-refractivity contribution in [2.75, 3.05) is 19.0 Å². The molecule has 0 aromatic heterocycles. The third-order valence-corrected chi connectivity index (χ3v) is 3.86. The molecule has 1 amide bonds. The lowest BCUT2D eigenvalue weighted by molar-refractivity contribution is -0.0514. The van der Waals surface area contributed by atoms with Gasteiger partial charge in [0.15, 0.2) is 11.5 Å². The first kappa shape index (κ1) is 19.8. The van der Waals surface area contributed by atoms with E-state index >= 15 is 0 Å². The van der Waals surface area contributed by atoms with Crippen LogP contribution in [-0.4, -0.2) is 26.2 Å². The van der Waals surface area contributed by atoms with E-state index in [0.717, 1.165) is 5.56 Å². The van der Waals surface area contributed by atoms with E-state index in [0.29, 0.717) is 16.5 Å². The molecule has 0 aliphatic carbocycles. The maximum Gasteiger partial charge on any atom is 0.387 e. The summed E-state index contributed by atoms with van der Waals surface area (Å²) < 4.78 is 39.8. The highest BCUT2D eigenvalue weighted by molar-refractivity contribution is 6.31. The Hall–Kier alpha value is -2.54. The summed E-state index contributed by atoms with van der Waals surface area (Å²) in [4.78, 5) is 12.5. The maximum absolute atomic E-state index is 12.5. The molecule has 5 nitrogen and oxygen atoms in total. The van der Waals surface area contributed by atoms with E-state index in [2.05, 4.69) is 10.1 Å². The quantitative estimate of drug-likeness (QED) is 0.735. The number of ether oxygens (including phenoxy) is 3. The molecule has 0 radical (unpaired) electrons. The minimum absolute atomic E-state index is 0.0553. The third kappa shape index (κ3) is 4.76. The van der Waals surface area contributed by atoms with Crippen molar-refractivity contribution in [3.8, 4) is 17.2 Å². The van der Waals surface area contributed by atoms with Gasteiger partial charge >= 0.3 is 6.61 Å². The summed E-state index contributed by atoms with van der Waals surface area (Å²) >= 11 is 6.05. The van der Waals surface area contributed by atoms with Crippen LogP contribution in [0.1, 0.15) is 22.8 Å². The van der Waals surface area contributed by atoms with E-state index in [1.807, 2.05) is 0 Å². The fraction of sp³-hybridized carbons (Fsp3) is 0.278. The van der Waals surface area contributed by atoms with Crippen molar-refractivity contribution in [2.45, 2.75) is 20.5 Å². The summed E-state index contributed by atoms with van der Waals surface area (Å²) in [7, 11) is 1.46. The second kappa shape index (κ2) is 8.71. The van der Waals surface area contributed by atoms with E-state index in [1.165, 1.54) is 25.3 Å². The van der Waals surface area contributed by atoms with Gasteiger partial charge in [-0.05, 0) is 43.7 Å². The Morgan fingerprint density at radius 2 is 1.92 bits per heavy atom. The highest BCUT2D eigenvalue weighted by Crippen LogP contribution is 2.33. The molecule has 1 N–H and O–H groups in total. The molecule has 0 bridgehead atoms. The molecule has 2 rings (SSSR count). The first-order chi connectivity index (χ1) is 12.3. The largest absolute Gasteiger partial charge is 0.495 e. The van der Waals surface area contributed by atoms with Gasteiger partial charge in [0.1, 0.15) is 5.75 Å². The average molecular weight is 386 g/mol. The first-order valence-corrected chi connectivity index (χ1v) is 8.10. The number of hydrogen-bond acceptors (Lipinski definition) is 4. The summed E-state index contributed by atoms with van der Waals surface area (Å²) in [5, 5.41) is 3.21. The van der Waals surface area contributed by atoms with Crippen LogP contribution in [0.2, 0.25) is 5.02 Å². The zero-order valence-corrected chi connectivity index (χ0v) is 15.2. The van der Waals surface area contributed by atoms with Gasteiger partial charge < -0.3 is 19.5 Å². The van der Waals surface area contributed by atoms with Crippen LogP contribution in [0.5, 0.6) is 17.2 Å². The molecule has 0 atom stereocenters. The molecule has 0 fully saturated rings. The first-order valence-electron chi connectivity index (χ1n) is 7.72. The van der Waals surface area contributed by atoms with E-state index in [9.17, 15) is 13.6 Å². The van der Waals surface area contributed by atoms with Crippen molar-refractivity contribution >= 4 is 23.2 Å². The van der Waals surface area contributed by atoms with Crippen molar-refractivity contribution in [3.63, 3.8) is 0 Å². The van der Waals surface area contributed by atoms with Crippen LogP contribution in [0.25, 0.3) is 0 Å². The zero-order chi connectivity index (χ0) is 19.3. The number of alkyl halides is 2. The molecule has 8 heteroatoms. The van der Waals surface area contributed by atoms with Crippen LogP contribution in [0.4, 0.5) is 14.5 Å². The lowest BCUT2D eigenvalue weighted by Crippen LogP contribution is -2.13. The van der Waals surface area contributed by atoms with Crippen molar-refractivity contribution in [2.24, 2.45) is 0 Å². The van der Waals surface area contributed by atoms with Crippen LogP contribution in [-0.2, 0) is 0 Å². The Labute approximate surface area is 154 Å². The molecule has 2 aromatic rings. The van der Waals surface area contributed by atoms with Crippen LogP contribution in [0.3, 0.4) is 0 Å². The molecule has 140 valence electrons. The third-order valence-electron chi connectivity index (χ3n) is 3.45. The predicted octanol–water partition coefficient (Wildman–Crippen LogP) is 4.91. The number of halogens is 3. The van der Waals surface area contributed by atoms with Gasteiger partial charge in [-0.1, -0.05) is 11.6 Å². The highest BCUT2D eigenvalue weighted by Gasteiger charge is 2.16. The smallest absolute Gasteiger partial charge is 0.387 e. The number of carbonyl (C=O) groups is 1. The Morgan fingerprint density at radius 1 is 1.19 bits per heavy atom. The Bertz CT molecular complexity index is 799. The fourth-order valence-corrected chi connectivity index (χ4v) is 2.39. The summed E-state index contributed by atoms with van der Waals surface area (Å²) in [5.74, 6) is -0.149. The van der Waals surface area contributed by atoms with Gasteiger partial charge in [0.05, 0.1) is 19.4 Å². The van der Waals surface area contributed by atoms with Gasteiger partial charge in [0.25, 0.3) is 5.91 Å². The molecule has 0 saturated carbocycles. The molecule has 26 heavy (non-hydrogen) atoms. The van der Waals surface area contributed by atoms with E-state index in [4.69, 9.17) is 21.1 Å². The molecular formula is C18H18ClF2NO4. The predicted molar refractivity (Wildman–Crippen MR) is 94.9 cm³/mol. The number of rotatable bonds is 7. The molecule has 2 aromatic carbocycles. The monoisotopic (exact) mass is 385 g/mol. The van der Waals surface area contributed by atoms with Gasteiger partial charge in [-0.25, -0.2) is 0 Å². The van der Waals surface area contributed by atoms with Crippen molar-refractivity contribution in [3.05, 3.63) is 46.5 Å². The maximum atomic E-state index is 12.5. The van der Waals surface area contributed by atoms with Gasteiger partial charge in [0.2, 0.25) is 0 Å². The number of benzene rings is 2. The standard InChI is InChI=1S/C18H18ClF2NO4/c1-4-25-16-8-11(5-6-14(16)26-18(20)21)17(23)22-13-7-10(2)12(19)9-15(13)24-3/h5-9,18H,4H2,1-3H3,(H,22,23). The number of hydrogen-bond donors (Lipinski definition) is 1. The topological polar surface area (TPSA) is 56.8 Å². The zero-order valence-electron chi connectivity index (χ0n) is 14.4. The van der Waals surface area contributed by atoms with Crippen molar-refractivity contribution < 1.29 is 27.8 Å². The number of nitrogens with one attached hydrogen (secondary N) is 1. The average Bonchev–Trinajstić information content (AvgIpc) is 2.59. The van der Waals surface area contributed by atoms with Gasteiger partial charge in [-0.15, -0.1) is 0 Å². The van der Waals surface area contributed by atoms with E-state index < -0.39 is 12.5 Å². The van der Waals surface area contributed by atoms with Crippen LogP contribution >= 0.6 is 11.6 Å². The number of amides is 1. The number of carbonyl (C=O) groups excluding carboxylic acids is 1. The van der Waals surface area contributed by atoms with Crippen LogP contribution in [0, 0.1) is 6.92 Å². The van der Waals surface area contributed by atoms with Crippen LogP contribution in [0.15, 0.2) is 30.3 Å². The highest BCUT2D eigenvalue weighted by atomic mass is 35.5. The minimum Gasteiger partial charge on any atom is -0.495 e. The van der Waals surface area contributed by atoms with Crippen molar-refractivity contribution in [1.82, 2.24) is 0 Å². The SMILES string of the molecule is CCOc1cc(C(=O)Nc2cc(C)c(Cl)cc2OC)ccc1OC(F)F. The summed E-state index contributed by atoms with van der Waals surface area (Å²) in [5.41, 5.74) is 1.41. The summed E-state index contributed by atoms with van der Waals surface area (Å²) in [6.07, 6.45) is 0. The molecule has 0 heterocycles. The molecular weight excluding hydrogens is 368 g/mol. The summed E-state index contributed by atoms with van der Waals surface area (Å²) in [6, 6.07) is 7.24. The van der Waals surface area contributed by atoms with E-state index in [1.54, 1.807) is 26.0 Å². The van der Waals surface area contributed by atoms with E-state index in [-0.39, 0.29) is 23.7 Å². The fourth-order valence-electron chi connectivity index (χ4n) is 2.24.